The van der Waals surface area contributed by atoms with Gasteiger partial charge in [-0.05, 0) is 137 Å². The number of carbonyl (C=O) groups is 3. The van der Waals surface area contributed by atoms with Crippen molar-refractivity contribution in [2.75, 3.05) is 203 Å². The molecule has 3 aliphatic heterocycles. The Morgan fingerprint density at radius 1 is 0.410 bits per heavy atom. The molecule has 15 rings (SSSR count). The molecular weight excluding hydrogens is 1490 g/mol. The van der Waals surface area contributed by atoms with Crippen LogP contribution >= 0.6 is 0 Å². The van der Waals surface area contributed by atoms with Gasteiger partial charge in [-0.15, -0.1) is 0 Å². The van der Waals surface area contributed by atoms with E-state index in [1.165, 1.54) is 0 Å². The number of pyridine rings is 3. The summed E-state index contributed by atoms with van der Waals surface area (Å²) in [6.07, 6.45) is 10.1. The van der Waals surface area contributed by atoms with Crippen molar-refractivity contribution in [1.82, 2.24) is 94.1 Å². The van der Waals surface area contributed by atoms with Crippen molar-refractivity contribution in [2.24, 2.45) is 5.41 Å². The molecule has 12 aromatic rings. The van der Waals surface area contributed by atoms with E-state index in [0.717, 1.165) is 147 Å². The Bertz CT molecular complexity index is 5290. The average molecular weight is 1590 g/mol. The number of anilines is 6. The minimum atomic E-state index is -0.339. The Hall–Kier alpha value is -12.1. The van der Waals surface area contributed by atoms with Gasteiger partial charge in [0.2, 0.25) is 17.8 Å². The molecule has 0 bridgehead atoms. The van der Waals surface area contributed by atoms with Crippen LogP contribution < -0.4 is 30.2 Å². The van der Waals surface area contributed by atoms with Crippen molar-refractivity contribution < 1.29 is 47.9 Å². The van der Waals surface area contributed by atoms with E-state index < -0.39 is 0 Å². The van der Waals surface area contributed by atoms with Crippen LogP contribution in [0, 0.1) is 5.41 Å². The average Bonchev–Trinajstić information content (AvgIpc) is 1.69. The van der Waals surface area contributed by atoms with Crippen LogP contribution in [0.15, 0.2) is 165 Å². The molecule has 0 aliphatic carbocycles. The zero-order valence-electron chi connectivity index (χ0n) is 67.4. The van der Waals surface area contributed by atoms with Crippen molar-refractivity contribution in [3.05, 3.63) is 182 Å². The van der Waals surface area contributed by atoms with E-state index in [-0.39, 0.29) is 29.7 Å². The van der Waals surface area contributed by atoms with E-state index in [0.29, 0.717) is 127 Å². The highest BCUT2D eigenvalue weighted by atomic mass is 16.5. The molecule has 3 saturated heterocycles. The van der Waals surface area contributed by atoms with Crippen LogP contribution in [0.1, 0.15) is 45.3 Å². The second-order valence-electron chi connectivity index (χ2n) is 29.8. The summed E-state index contributed by atoms with van der Waals surface area (Å²) in [6, 6.07) is 39.7. The summed E-state index contributed by atoms with van der Waals surface area (Å²) in [5, 5.41) is 22.1. The van der Waals surface area contributed by atoms with Crippen molar-refractivity contribution in [1.29, 1.82) is 0 Å². The summed E-state index contributed by atoms with van der Waals surface area (Å²) >= 11 is 0. The zero-order valence-corrected chi connectivity index (χ0v) is 67.4. The third-order valence-corrected chi connectivity index (χ3v) is 20.0. The Balaban J connectivity index is 0.000000152. The molecular formula is C85H102N22O10. The van der Waals surface area contributed by atoms with Crippen LogP contribution in [0.25, 0.3) is 66.9 Å². The number of nitrogens with one attached hydrogen (secondary N) is 6. The van der Waals surface area contributed by atoms with Gasteiger partial charge in [-0.1, -0.05) is 13.8 Å². The quantitative estimate of drug-likeness (QED) is 0.0206. The fourth-order valence-corrected chi connectivity index (χ4v) is 13.0. The first-order valence-corrected chi connectivity index (χ1v) is 39.1. The Morgan fingerprint density at radius 3 is 1.12 bits per heavy atom. The number of aromatic nitrogens is 12. The molecule has 0 radical (unpaired) electrons. The molecule has 0 unspecified atom stereocenters. The number of likely N-dealkylation sites (N-methyl/N-ethyl adjacent to an activating group) is 4. The van der Waals surface area contributed by atoms with Gasteiger partial charge in [-0.3, -0.25) is 29.3 Å². The van der Waals surface area contributed by atoms with Crippen LogP contribution in [0.5, 0.6) is 17.2 Å². The monoisotopic (exact) mass is 1590 g/mol. The summed E-state index contributed by atoms with van der Waals surface area (Å²) in [5.74, 6) is 3.49. The number of fused-ring (bicyclic) bond motifs is 3. The lowest BCUT2D eigenvalue weighted by molar-refractivity contribution is 0.0544. The van der Waals surface area contributed by atoms with E-state index in [2.05, 4.69) is 117 Å². The van der Waals surface area contributed by atoms with Gasteiger partial charge in [0.05, 0.1) is 73.8 Å². The number of methoxy groups -OCH3 is 2. The topological polar surface area (TPSA) is 349 Å². The number of amides is 3. The highest BCUT2D eigenvalue weighted by molar-refractivity contribution is 6.01. The largest absolute Gasteiger partial charge is 0.493 e. The molecule has 3 aromatic carbocycles. The number of hydrogen-bond donors (Lipinski definition) is 7. The maximum atomic E-state index is 13.0. The number of rotatable bonds is 30. The van der Waals surface area contributed by atoms with Gasteiger partial charge in [0.25, 0.3) is 17.7 Å². The van der Waals surface area contributed by atoms with Gasteiger partial charge in [-0.25, -0.2) is 29.9 Å². The summed E-state index contributed by atoms with van der Waals surface area (Å²) in [5.41, 5.74) is 10.6. The first-order valence-electron chi connectivity index (χ1n) is 39.1. The number of benzene rings is 3. The molecule has 0 atom stereocenters. The van der Waals surface area contributed by atoms with Crippen LogP contribution in [0.3, 0.4) is 0 Å². The van der Waals surface area contributed by atoms with Gasteiger partial charge in [0.1, 0.15) is 47.5 Å². The summed E-state index contributed by atoms with van der Waals surface area (Å²) in [4.78, 5) is 104. The minimum absolute atomic E-state index is 0.0264. The third kappa shape index (κ3) is 23.1. The number of carbonyl (C=O) groups excluding carboxylic acids is 3. The lowest BCUT2D eigenvalue weighted by atomic mass is 9.97. The van der Waals surface area contributed by atoms with E-state index in [4.69, 9.17) is 28.4 Å². The zero-order chi connectivity index (χ0) is 81.6. The number of piperazine rings is 3. The van der Waals surface area contributed by atoms with Gasteiger partial charge in [-0.2, -0.15) is 0 Å². The van der Waals surface area contributed by atoms with Crippen molar-refractivity contribution in [2.45, 2.75) is 13.8 Å². The van der Waals surface area contributed by atoms with Gasteiger partial charge >= 0.3 is 0 Å². The summed E-state index contributed by atoms with van der Waals surface area (Å²) < 4.78 is 33.1. The van der Waals surface area contributed by atoms with E-state index in [1.807, 2.05) is 139 Å². The molecule has 9 aromatic heterocycles. The molecule has 12 heterocycles. The molecule has 7 N–H and O–H groups in total. The molecule has 3 amide bonds. The van der Waals surface area contributed by atoms with Crippen LogP contribution in [-0.2, 0) is 14.2 Å². The predicted molar refractivity (Wildman–Crippen MR) is 450 cm³/mol. The fraction of sp³-hybridized carbons (Fsp3) is 0.365. The molecule has 32 heteroatoms. The molecule has 612 valence electrons. The van der Waals surface area contributed by atoms with E-state index in [9.17, 15) is 19.5 Å². The SMILES string of the molecule is CN1CCN(C(=O)c2cc3cc(Nc4nccc(-c5cc(OCC(C)(C)CO)ccn5)n4)ccc3[nH]2)CC1.COCCN(C)CCOc1ccnc(-c2ccnc(Nc3ccc4[nH]c(C(=O)N5CCN(C)CC5)cc4c3)n2)c1.COCCOCCOc1ccnc(-c2ccnc(Nc3ccc4[nH]c(C(=O)N5CCN(C)CC5)cc4c3)n2)c1. The highest BCUT2D eigenvalue weighted by Crippen LogP contribution is 2.31. The Morgan fingerprint density at radius 2 is 0.752 bits per heavy atom. The second kappa shape index (κ2) is 39.9. The molecule has 0 spiro atoms. The summed E-state index contributed by atoms with van der Waals surface area (Å²) in [7, 11) is 11.6. The van der Waals surface area contributed by atoms with Gasteiger partial charge < -0.3 is 98.7 Å². The third-order valence-electron chi connectivity index (χ3n) is 20.0. The lowest BCUT2D eigenvalue weighted by Gasteiger charge is -2.32. The molecule has 3 fully saturated rings. The minimum Gasteiger partial charge on any atom is -0.493 e. The first kappa shape index (κ1) is 82.8. The molecule has 0 saturated carbocycles. The number of nitrogens with zero attached hydrogens (tertiary/aromatic N) is 16. The lowest BCUT2D eigenvalue weighted by Crippen LogP contribution is -2.47. The molecule has 3 aliphatic rings. The molecule has 32 nitrogen and oxygen atoms in total. The fourth-order valence-electron chi connectivity index (χ4n) is 13.0. The highest BCUT2D eigenvalue weighted by Gasteiger charge is 2.26. The van der Waals surface area contributed by atoms with Crippen LogP contribution in [-0.4, -0.2) is 304 Å². The Labute approximate surface area is 679 Å². The van der Waals surface area contributed by atoms with E-state index >= 15 is 0 Å². The smallest absolute Gasteiger partial charge is 0.270 e. The second-order valence-corrected chi connectivity index (χ2v) is 29.8. The van der Waals surface area contributed by atoms with Crippen LogP contribution in [0.2, 0.25) is 0 Å². The van der Waals surface area contributed by atoms with Crippen molar-refractivity contribution >= 4 is 85.3 Å². The number of ether oxygens (including phenoxy) is 6. The van der Waals surface area contributed by atoms with Crippen molar-refractivity contribution in [3.8, 4) is 51.4 Å². The Kier molecular flexibility index (Phi) is 28.3. The standard InChI is InChI=1S/C29H36N8O3.C28H33N7O4.C28H33N7O3/c1-35-10-12-37(13-11-35)28(38)27-19-21-18-22(4-5-24(21)33-27)32-29-31-9-7-25(34-29)26-20-23(6-8-30-26)40-17-15-36(2)14-16-39-3;1-34-9-11-35(12-10-34)27(36)26-18-20-17-21(3-4-23(20)32-26)31-28-30-8-6-24(33-28)25-19-22(5-7-29-25)39-16-15-38-14-13-37-2;1-28(2,17-36)18-38-21-6-8-29-24(16-21)23-7-9-30-27(33-23)31-20-4-5-22-19(14-20)15-25(32-22)26(37)35-12-10-34(3)11-13-35/h4-9,18-20,33H,10-17H2,1-3H3,(H,31,32,34);3-8,17-19,32H,9-16H2,1-2H3,(H,30,31,33);4-9,14-16,32,36H,10-13,17-18H2,1-3H3,(H,30,31,33). The first-order chi connectivity index (χ1) is 56.9. The normalized spacial score (nSPS) is 14.3. The maximum absolute atomic E-state index is 13.0. The number of hydrogen-bond acceptors (Lipinski definition) is 26. The number of aromatic amines is 3. The van der Waals surface area contributed by atoms with Crippen LogP contribution in [0.4, 0.5) is 34.9 Å². The number of aliphatic hydroxyl groups is 1. The molecule has 117 heavy (non-hydrogen) atoms. The van der Waals surface area contributed by atoms with Gasteiger partial charge in [0.15, 0.2) is 0 Å². The van der Waals surface area contributed by atoms with E-state index in [1.54, 1.807) is 75.7 Å². The summed E-state index contributed by atoms with van der Waals surface area (Å²) in [6.45, 7) is 18.9. The number of H-pyrrole nitrogens is 3. The van der Waals surface area contributed by atoms with Gasteiger partial charge in [0, 0.05) is 216 Å². The van der Waals surface area contributed by atoms with Crippen molar-refractivity contribution in [3.63, 3.8) is 0 Å². The number of aliphatic hydroxyl groups excluding tert-OH is 1. The predicted octanol–water partition coefficient (Wildman–Crippen LogP) is 9.85. The maximum Gasteiger partial charge on any atom is 0.270 e.